The van der Waals surface area contributed by atoms with Crippen LogP contribution >= 0.6 is 11.3 Å². The highest BCUT2D eigenvalue weighted by atomic mass is 32.1. The molecule has 0 aliphatic heterocycles. The largest absolute Gasteiger partial charge is 0.479 e. The highest BCUT2D eigenvalue weighted by Gasteiger charge is 2.26. The van der Waals surface area contributed by atoms with E-state index < -0.39 is 23.7 Å². The van der Waals surface area contributed by atoms with E-state index in [1.54, 1.807) is 26.8 Å². The maximum absolute atomic E-state index is 11.6. The summed E-state index contributed by atoms with van der Waals surface area (Å²) in [4.78, 5) is 24.5. The summed E-state index contributed by atoms with van der Waals surface area (Å²) in [7, 11) is 0. The summed E-state index contributed by atoms with van der Waals surface area (Å²) in [5.41, 5.74) is -0.656. The monoisotopic (exact) mass is 285 g/mol. The van der Waals surface area contributed by atoms with Gasteiger partial charge in [0.15, 0.2) is 6.04 Å². The van der Waals surface area contributed by atoms with Crippen molar-refractivity contribution in [3.63, 3.8) is 0 Å². The quantitative estimate of drug-likeness (QED) is 0.891. The number of carbonyl (C=O) groups excluding carboxylic acids is 1. The maximum atomic E-state index is 11.6. The third-order valence-electron chi connectivity index (χ3n) is 2.22. The fraction of sp³-hybridized carbons (Fsp3) is 0.538. The molecule has 1 unspecified atom stereocenters. The molecular formula is C13H19NO4S. The van der Waals surface area contributed by atoms with Gasteiger partial charge in [0.25, 0.3) is 0 Å². The first kappa shape index (κ1) is 15.5. The van der Waals surface area contributed by atoms with Crippen LogP contribution in [0.1, 0.15) is 43.5 Å². The molecule has 5 nitrogen and oxygen atoms in total. The first-order chi connectivity index (χ1) is 8.73. The molecule has 0 aromatic carbocycles. The molecule has 1 heterocycles. The van der Waals surface area contributed by atoms with E-state index in [-0.39, 0.29) is 0 Å². The average molecular weight is 285 g/mol. The normalized spacial score (nSPS) is 12.8. The van der Waals surface area contributed by atoms with Gasteiger partial charge in [-0.2, -0.15) is 0 Å². The van der Waals surface area contributed by atoms with E-state index in [9.17, 15) is 14.7 Å². The summed E-state index contributed by atoms with van der Waals surface area (Å²) in [6.07, 6.45) is 0.107. The topological polar surface area (TPSA) is 75.6 Å². The molecule has 0 aliphatic rings. The Morgan fingerprint density at radius 2 is 2.05 bits per heavy atom. The molecule has 6 heteroatoms. The summed E-state index contributed by atoms with van der Waals surface area (Å²) < 4.78 is 5.06. The molecule has 0 radical (unpaired) electrons. The van der Waals surface area contributed by atoms with Gasteiger partial charge in [-0.15, -0.1) is 11.3 Å². The first-order valence-electron chi connectivity index (χ1n) is 6.04. The fourth-order valence-corrected chi connectivity index (χ4v) is 2.42. The molecule has 106 valence electrons. The van der Waals surface area contributed by atoms with Gasteiger partial charge in [-0.25, -0.2) is 9.59 Å². The molecule has 0 bridgehead atoms. The first-order valence-corrected chi connectivity index (χ1v) is 6.85. The van der Waals surface area contributed by atoms with Crippen molar-refractivity contribution < 1.29 is 19.4 Å². The number of ether oxygens (including phenoxy) is 1. The highest BCUT2D eigenvalue weighted by molar-refractivity contribution is 7.12. The highest BCUT2D eigenvalue weighted by Crippen LogP contribution is 2.24. The molecule has 0 aliphatic carbocycles. The van der Waals surface area contributed by atoms with Crippen LogP contribution in [0.4, 0.5) is 4.79 Å². The number of thiophene rings is 1. The van der Waals surface area contributed by atoms with Gasteiger partial charge in [-0.1, -0.05) is 6.92 Å². The molecular weight excluding hydrogens is 266 g/mol. The molecule has 1 aromatic heterocycles. The number of amides is 1. The van der Waals surface area contributed by atoms with Crippen molar-refractivity contribution in [1.29, 1.82) is 0 Å². The second kappa shape index (κ2) is 6.06. The molecule has 1 amide bonds. The molecule has 0 saturated heterocycles. The lowest BCUT2D eigenvalue weighted by Crippen LogP contribution is -2.37. The van der Waals surface area contributed by atoms with Crippen LogP contribution in [0.2, 0.25) is 0 Å². The van der Waals surface area contributed by atoms with Crippen LogP contribution in [-0.2, 0) is 16.0 Å². The number of nitrogens with one attached hydrogen (secondary N) is 1. The number of aryl methyl sites for hydroxylation is 1. The van der Waals surface area contributed by atoms with Crippen LogP contribution in [0.5, 0.6) is 0 Å². The molecule has 0 saturated carbocycles. The van der Waals surface area contributed by atoms with E-state index in [1.165, 1.54) is 11.3 Å². The minimum Gasteiger partial charge on any atom is -0.479 e. The van der Waals surface area contributed by atoms with E-state index >= 15 is 0 Å². The lowest BCUT2D eigenvalue weighted by molar-refractivity contribution is -0.139. The number of aliphatic carboxylic acids is 1. The Morgan fingerprint density at radius 1 is 1.42 bits per heavy atom. The van der Waals surface area contributed by atoms with Gasteiger partial charge in [0.2, 0.25) is 0 Å². The zero-order valence-corrected chi connectivity index (χ0v) is 12.3. The van der Waals surface area contributed by atoms with E-state index in [1.807, 2.05) is 13.0 Å². The minimum atomic E-state index is -1.10. The fourth-order valence-electron chi connectivity index (χ4n) is 1.42. The minimum absolute atomic E-state index is 0.593. The Balaban J connectivity index is 2.79. The summed E-state index contributed by atoms with van der Waals surface area (Å²) >= 11 is 1.38. The third-order valence-corrected chi connectivity index (χ3v) is 3.52. The van der Waals surface area contributed by atoms with Crippen molar-refractivity contribution in [3.8, 4) is 0 Å². The van der Waals surface area contributed by atoms with Gasteiger partial charge in [0.1, 0.15) is 5.60 Å². The smallest absolute Gasteiger partial charge is 0.408 e. The number of hydrogen-bond acceptors (Lipinski definition) is 4. The van der Waals surface area contributed by atoms with Crippen LogP contribution in [0.3, 0.4) is 0 Å². The Hall–Kier alpha value is -1.56. The zero-order valence-electron chi connectivity index (χ0n) is 11.5. The Kier molecular flexibility index (Phi) is 4.94. The predicted molar refractivity (Wildman–Crippen MR) is 73.4 cm³/mol. The number of rotatable bonds is 4. The molecule has 1 aromatic rings. The van der Waals surface area contributed by atoms with E-state index in [0.717, 1.165) is 11.3 Å². The molecule has 0 spiro atoms. The van der Waals surface area contributed by atoms with Crippen molar-refractivity contribution in [2.24, 2.45) is 0 Å². The van der Waals surface area contributed by atoms with Crippen molar-refractivity contribution in [1.82, 2.24) is 5.32 Å². The van der Waals surface area contributed by atoms with Crippen LogP contribution < -0.4 is 5.32 Å². The van der Waals surface area contributed by atoms with Gasteiger partial charge >= 0.3 is 12.1 Å². The lowest BCUT2D eigenvalue weighted by Gasteiger charge is -2.21. The van der Waals surface area contributed by atoms with Gasteiger partial charge in [-0.3, -0.25) is 0 Å². The predicted octanol–water partition coefficient (Wildman–Crippen LogP) is 2.96. The summed E-state index contributed by atoms with van der Waals surface area (Å²) in [6, 6.07) is 2.52. The standard InChI is InChI=1S/C13H19NO4S/c1-5-8-6-7-9(19-8)10(11(15)16)14-12(17)18-13(2,3)4/h6-7,10H,5H2,1-4H3,(H,14,17)(H,15,16). The van der Waals surface area contributed by atoms with Crippen LogP contribution in [0.15, 0.2) is 12.1 Å². The van der Waals surface area contributed by atoms with Crippen molar-refractivity contribution >= 4 is 23.4 Å². The number of carboxylic acid groups (broad SMARTS) is 1. The second-order valence-electron chi connectivity index (χ2n) is 5.08. The van der Waals surface area contributed by atoms with E-state index in [0.29, 0.717) is 4.88 Å². The van der Waals surface area contributed by atoms with E-state index in [4.69, 9.17) is 4.74 Å². The Morgan fingerprint density at radius 3 is 2.47 bits per heavy atom. The Bertz CT molecular complexity index is 461. The van der Waals surface area contributed by atoms with Crippen LogP contribution in [0.25, 0.3) is 0 Å². The van der Waals surface area contributed by atoms with Crippen molar-refractivity contribution in [3.05, 3.63) is 21.9 Å². The SMILES string of the molecule is CCc1ccc(C(NC(=O)OC(C)(C)C)C(=O)O)s1. The molecule has 19 heavy (non-hydrogen) atoms. The van der Waals surface area contributed by atoms with Crippen LogP contribution in [-0.4, -0.2) is 22.8 Å². The maximum Gasteiger partial charge on any atom is 0.408 e. The van der Waals surface area contributed by atoms with Gasteiger partial charge in [-0.05, 0) is 39.3 Å². The lowest BCUT2D eigenvalue weighted by atomic mass is 10.2. The second-order valence-corrected chi connectivity index (χ2v) is 6.28. The molecule has 0 fully saturated rings. The third kappa shape index (κ3) is 4.90. The molecule has 1 rings (SSSR count). The van der Waals surface area contributed by atoms with Gasteiger partial charge in [0.05, 0.1) is 0 Å². The zero-order chi connectivity index (χ0) is 14.6. The van der Waals surface area contributed by atoms with Crippen molar-refractivity contribution in [2.45, 2.75) is 45.8 Å². The van der Waals surface area contributed by atoms with Gasteiger partial charge in [0, 0.05) is 9.75 Å². The average Bonchev–Trinajstić information content (AvgIpc) is 2.71. The molecule has 1 atom stereocenters. The number of alkyl carbamates (subject to hydrolysis) is 1. The summed E-state index contributed by atoms with van der Waals surface area (Å²) in [5.74, 6) is -1.10. The Labute approximate surface area is 116 Å². The number of carbonyl (C=O) groups is 2. The summed E-state index contributed by atoms with van der Waals surface area (Å²) in [6.45, 7) is 7.17. The van der Waals surface area contributed by atoms with E-state index in [2.05, 4.69) is 5.32 Å². The van der Waals surface area contributed by atoms with Crippen LogP contribution in [0, 0.1) is 0 Å². The number of hydrogen-bond donors (Lipinski definition) is 2. The number of carboxylic acids is 1. The van der Waals surface area contributed by atoms with Gasteiger partial charge < -0.3 is 15.2 Å². The van der Waals surface area contributed by atoms with Crippen molar-refractivity contribution in [2.75, 3.05) is 0 Å². The summed E-state index contributed by atoms with van der Waals surface area (Å²) in [5, 5.41) is 11.6. The molecule has 2 N–H and O–H groups in total.